The van der Waals surface area contributed by atoms with Crippen molar-refractivity contribution in [2.45, 2.75) is 6.92 Å². The van der Waals surface area contributed by atoms with E-state index in [2.05, 4.69) is 51.6 Å². The second-order valence-electron chi connectivity index (χ2n) is 2.68. The number of aromatic nitrogens is 2. The van der Waals surface area contributed by atoms with Crippen LogP contribution in [0.2, 0.25) is 0 Å². The van der Waals surface area contributed by atoms with Crippen LogP contribution in [-0.2, 0) is 0 Å². The number of aryl methyl sites for hydroxylation is 1. The Labute approximate surface area is 84.2 Å². The van der Waals surface area contributed by atoms with Crippen LogP contribution in [0.4, 0.5) is 0 Å². The van der Waals surface area contributed by atoms with Gasteiger partial charge in [-0.1, -0.05) is 0 Å². The Hall–Kier alpha value is -0.710. The fraction of sp³-hybridized carbons (Fsp3) is 0.111. The first-order valence-electron chi connectivity index (χ1n) is 3.63. The van der Waals surface area contributed by atoms with Gasteiger partial charge >= 0.3 is 0 Å². The van der Waals surface area contributed by atoms with Gasteiger partial charge in [-0.2, -0.15) is 0 Å². The summed E-state index contributed by atoms with van der Waals surface area (Å²) in [4.78, 5) is 8.18. The van der Waals surface area contributed by atoms with Crippen molar-refractivity contribution in [2.24, 2.45) is 0 Å². The maximum atomic E-state index is 4.19. The van der Waals surface area contributed by atoms with E-state index in [9.17, 15) is 0 Å². The lowest BCUT2D eigenvalue weighted by molar-refractivity contribution is 1.21. The van der Waals surface area contributed by atoms with E-state index >= 15 is 0 Å². The van der Waals surface area contributed by atoms with Gasteiger partial charge in [0.15, 0.2) is 0 Å². The first-order valence-corrected chi connectivity index (χ1v) is 4.71. The van der Waals surface area contributed by atoms with Crippen LogP contribution in [0, 0.1) is 10.5 Å². The molecule has 2 rings (SSSR count). The van der Waals surface area contributed by atoms with Gasteiger partial charge in [0, 0.05) is 15.2 Å². The molecule has 3 heteroatoms. The lowest BCUT2D eigenvalue weighted by atomic mass is 10.1. The van der Waals surface area contributed by atoms with E-state index in [0.29, 0.717) is 0 Å². The molecule has 0 N–H and O–H groups in total. The van der Waals surface area contributed by atoms with Gasteiger partial charge in [-0.05, 0) is 47.2 Å². The molecule has 0 aliphatic carbocycles. The summed E-state index contributed by atoms with van der Waals surface area (Å²) in [6, 6.07) is 4.19. The van der Waals surface area contributed by atoms with E-state index in [1.54, 1.807) is 6.33 Å². The molecule has 2 nitrogen and oxygen atoms in total. The van der Waals surface area contributed by atoms with Gasteiger partial charge < -0.3 is 0 Å². The molecule has 1 aromatic heterocycles. The summed E-state index contributed by atoms with van der Waals surface area (Å²) in [6.07, 6.45) is 3.44. The molecule has 1 heterocycles. The van der Waals surface area contributed by atoms with Crippen LogP contribution in [-0.4, -0.2) is 9.97 Å². The lowest BCUT2D eigenvalue weighted by Gasteiger charge is -2.00. The molecule has 0 radical (unpaired) electrons. The van der Waals surface area contributed by atoms with Crippen LogP contribution in [0.25, 0.3) is 10.9 Å². The van der Waals surface area contributed by atoms with Crippen molar-refractivity contribution < 1.29 is 0 Å². The highest BCUT2D eigenvalue weighted by molar-refractivity contribution is 14.1. The predicted octanol–water partition coefficient (Wildman–Crippen LogP) is 2.54. The molecule has 60 valence electrons. The minimum Gasteiger partial charge on any atom is -0.244 e. The average molecular weight is 270 g/mol. The van der Waals surface area contributed by atoms with Crippen molar-refractivity contribution in [3.63, 3.8) is 0 Å². The molecule has 1 aromatic carbocycles. The van der Waals surface area contributed by atoms with Gasteiger partial charge in [-0.25, -0.2) is 9.97 Å². The van der Waals surface area contributed by atoms with Crippen molar-refractivity contribution >= 4 is 33.5 Å². The van der Waals surface area contributed by atoms with Gasteiger partial charge in [-0.15, -0.1) is 0 Å². The largest absolute Gasteiger partial charge is 0.244 e. The lowest BCUT2D eigenvalue weighted by Crippen LogP contribution is -1.85. The maximum absolute atomic E-state index is 4.19. The SMILES string of the molecule is Cc1cc(I)cc2ncncc12. The molecule has 0 amide bonds. The van der Waals surface area contributed by atoms with E-state index in [4.69, 9.17) is 0 Å². The molecule has 0 saturated heterocycles. The highest BCUT2D eigenvalue weighted by atomic mass is 127. The quantitative estimate of drug-likeness (QED) is 0.687. The molecule has 0 spiro atoms. The van der Waals surface area contributed by atoms with Crippen molar-refractivity contribution in [1.82, 2.24) is 9.97 Å². The Morgan fingerprint density at radius 1 is 1.33 bits per heavy atom. The zero-order valence-electron chi connectivity index (χ0n) is 6.58. The molecular weight excluding hydrogens is 263 g/mol. The van der Waals surface area contributed by atoms with Crippen molar-refractivity contribution in [1.29, 1.82) is 0 Å². The van der Waals surface area contributed by atoms with E-state index in [-0.39, 0.29) is 0 Å². The molecule has 0 fully saturated rings. The summed E-state index contributed by atoms with van der Waals surface area (Å²) in [5.41, 5.74) is 2.26. The number of nitrogens with zero attached hydrogens (tertiary/aromatic N) is 2. The molecule has 0 atom stereocenters. The van der Waals surface area contributed by atoms with Crippen LogP contribution in [0.15, 0.2) is 24.7 Å². The van der Waals surface area contributed by atoms with Crippen LogP contribution < -0.4 is 0 Å². The molecule has 0 aliphatic rings. The molecule has 0 unspecified atom stereocenters. The number of fused-ring (bicyclic) bond motifs is 1. The Kier molecular flexibility index (Phi) is 1.96. The van der Waals surface area contributed by atoms with E-state index in [1.807, 2.05) is 6.20 Å². The van der Waals surface area contributed by atoms with Crippen LogP contribution in [0.1, 0.15) is 5.56 Å². The topological polar surface area (TPSA) is 25.8 Å². The molecule has 0 bridgehead atoms. The fourth-order valence-corrected chi connectivity index (χ4v) is 1.98. The van der Waals surface area contributed by atoms with Crippen LogP contribution in [0.5, 0.6) is 0 Å². The minimum absolute atomic E-state index is 1.02. The summed E-state index contributed by atoms with van der Waals surface area (Å²) in [5, 5.41) is 1.14. The minimum atomic E-state index is 1.02. The average Bonchev–Trinajstić information content (AvgIpc) is 2.04. The summed E-state index contributed by atoms with van der Waals surface area (Å²) in [6.45, 7) is 2.08. The van der Waals surface area contributed by atoms with E-state index in [1.165, 1.54) is 9.13 Å². The highest BCUT2D eigenvalue weighted by Crippen LogP contribution is 2.18. The van der Waals surface area contributed by atoms with Gasteiger partial charge in [0.1, 0.15) is 6.33 Å². The number of rotatable bonds is 0. The van der Waals surface area contributed by atoms with Gasteiger partial charge in [0.05, 0.1) is 5.52 Å². The third-order valence-corrected chi connectivity index (χ3v) is 2.42. The number of benzene rings is 1. The van der Waals surface area contributed by atoms with Crippen molar-refractivity contribution in [3.8, 4) is 0 Å². The maximum Gasteiger partial charge on any atom is 0.116 e. The van der Waals surface area contributed by atoms with Gasteiger partial charge in [0.25, 0.3) is 0 Å². The normalized spacial score (nSPS) is 10.5. The number of halogens is 1. The molecule has 0 aliphatic heterocycles. The Morgan fingerprint density at radius 3 is 3.00 bits per heavy atom. The van der Waals surface area contributed by atoms with E-state index < -0.39 is 0 Å². The third-order valence-electron chi connectivity index (χ3n) is 1.80. The summed E-state index contributed by atoms with van der Waals surface area (Å²) in [7, 11) is 0. The predicted molar refractivity (Wildman–Crippen MR) is 57.0 cm³/mol. The van der Waals surface area contributed by atoms with Crippen LogP contribution >= 0.6 is 22.6 Å². The standard InChI is InChI=1S/C9H7IN2/c1-6-2-7(10)3-9-8(6)4-11-5-12-9/h2-5H,1H3. The fourth-order valence-electron chi connectivity index (χ4n) is 1.21. The van der Waals surface area contributed by atoms with Crippen molar-refractivity contribution in [2.75, 3.05) is 0 Å². The second-order valence-corrected chi connectivity index (χ2v) is 3.92. The third kappa shape index (κ3) is 1.29. The summed E-state index contributed by atoms with van der Waals surface area (Å²) >= 11 is 2.29. The zero-order valence-corrected chi connectivity index (χ0v) is 8.74. The summed E-state index contributed by atoms with van der Waals surface area (Å²) < 4.78 is 1.22. The first kappa shape index (κ1) is 7.91. The zero-order chi connectivity index (χ0) is 8.55. The number of hydrogen-bond donors (Lipinski definition) is 0. The monoisotopic (exact) mass is 270 g/mol. The smallest absolute Gasteiger partial charge is 0.116 e. The van der Waals surface area contributed by atoms with Gasteiger partial charge in [0.2, 0.25) is 0 Å². The Morgan fingerprint density at radius 2 is 2.17 bits per heavy atom. The molecule has 12 heavy (non-hydrogen) atoms. The molecule has 0 saturated carbocycles. The van der Waals surface area contributed by atoms with E-state index in [0.717, 1.165) is 10.9 Å². The second kappa shape index (κ2) is 2.97. The van der Waals surface area contributed by atoms with Crippen LogP contribution in [0.3, 0.4) is 0 Å². The molecule has 2 aromatic rings. The summed E-state index contributed by atoms with van der Waals surface area (Å²) in [5.74, 6) is 0. The highest BCUT2D eigenvalue weighted by Gasteiger charge is 1.98. The van der Waals surface area contributed by atoms with Gasteiger partial charge in [-0.3, -0.25) is 0 Å². The number of hydrogen-bond acceptors (Lipinski definition) is 2. The first-order chi connectivity index (χ1) is 5.77. The van der Waals surface area contributed by atoms with Crippen molar-refractivity contribution in [3.05, 3.63) is 33.8 Å². The Bertz CT molecular complexity index is 426. The molecular formula is C9H7IN2. The Balaban J connectivity index is 2.89.